The Labute approximate surface area is 112 Å². The first-order chi connectivity index (χ1) is 8.75. The van der Waals surface area contributed by atoms with Gasteiger partial charge in [0.05, 0.1) is 5.56 Å². The maximum absolute atomic E-state index is 12.6. The van der Waals surface area contributed by atoms with Crippen molar-refractivity contribution in [3.8, 4) is 0 Å². The monoisotopic (exact) mass is 274 g/mol. The molecule has 19 heavy (non-hydrogen) atoms. The molecule has 0 aromatic heterocycles. The third kappa shape index (κ3) is 4.51. The highest BCUT2D eigenvalue weighted by Gasteiger charge is 2.31. The van der Waals surface area contributed by atoms with Crippen LogP contribution in [0.25, 0.3) is 0 Å². The molecule has 1 unspecified atom stereocenters. The van der Waals surface area contributed by atoms with Crippen LogP contribution in [0.15, 0.2) is 18.2 Å². The van der Waals surface area contributed by atoms with Gasteiger partial charge in [-0.1, -0.05) is 19.9 Å². The summed E-state index contributed by atoms with van der Waals surface area (Å²) >= 11 is 0. The van der Waals surface area contributed by atoms with Crippen LogP contribution in [-0.2, 0) is 6.18 Å². The summed E-state index contributed by atoms with van der Waals surface area (Å²) in [5.74, 6) is 6.04. The van der Waals surface area contributed by atoms with E-state index < -0.39 is 11.7 Å². The number of rotatable bonds is 5. The van der Waals surface area contributed by atoms with E-state index in [2.05, 4.69) is 19.3 Å². The predicted molar refractivity (Wildman–Crippen MR) is 70.3 cm³/mol. The fraction of sp³-hybridized carbons (Fsp3) is 0.571. The Morgan fingerprint density at radius 3 is 2.26 bits per heavy atom. The van der Waals surface area contributed by atoms with Gasteiger partial charge in [0.25, 0.3) is 0 Å². The van der Waals surface area contributed by atoms with Gasteiger partial charge in [-0.25, -0.2) is 0 Å². The number of benzene rings is 1. The molecule has 1 rings (SSSR count). The van der Waals surface area contributed by atoms with E-state index in [4.69, 9.17) is 5.84 Å². The lowest BCUT2D eigenvalue weighted by Gasteiger charge is -2.20. The molecule has 0 amide bonds. The van der Waals surface area contributed by atoms with Crippen molar-refractivity contribution in [1.29, 1.82) is 0 Å². The van der Waals surface area contributed by atoms with Crippen molar-refractivity contribution in [3.63, 3.8) is 0 Å². The molecule has 2 nitrogen and oxygen atoms in total. The molecular weight excluding hydrogens is 253 g/mol. The molecule has 0 spiro atoms. The summed E-state index contributed by atoms with van der Waals surface area (Å²) < 4.78 is 37.8. The second kappa shape index (κ2) is 6.39. The van der Waals surface area contributed by atoms with Gasteiger partial charge >= 0.3 is 6.18 Å². The molecular formula is C14H21F3N2. The minimum atomic E-state index is -4.30. The molecule has 0 aliphatic heterocycles. The molecule has 3 N–H and O–H groups in total. The number of hydrazine groups is 1. The summed E-state index contributed by atoms with van der Waals surface area (Å²) in [6.45, 7) is 5.89. The van der Waals surface area contributed by atoms with Crippen molar-refractivity contribution >= 4 is 0 Å². The smallest absolute Gasteiger partial charge is 0.271 e. The van der Waals surface area contributed by atoms with Gasteiger partial charge in [0, 0.05) is 6.04 Å². The Kier molecular flexibility index (Phi) is 5.38. The van der Waals surface area contributed by atoms with E-state index in [1.54, 1.807) is 6.92 Å². The third-order valence-corrected chi connectivity index (χ3v) is 3.21. The molecule has 108 valence electrons. The Balaban J connectivity index is 2.93. The number of nitrogens with one attached hydrogen (secondary N) is 1. The number of nitrogens with two attached hydrogens (primary N) is 1. The van der Waals surface area contributed by atoms with Crippen LogP contribution in [-0.4, -0.2) is 0 Å². The van der Waals surface area contributed by atoms with Gasteiger partial charge in [-0.2, -0.15) is 13.2 Å². The summed E-state index contributed by atoms with van der Waals surface area (Å²) in [4.78, 5) is 0. The van der Waals surface area contributed by atoms with Crippen LogP contribution in [0, 0.1) is 12.8 Å². The highest BCUT2D eigenvalue weighted by atomic mass is 19.4. The fourth-order valence-corrected chi connectivity index (χ4v) is 2.07. The van der Waals surface area contributed by atoms with Crippen molar-refractivity contribution in [2.24, 2.45) is 11.8 Å². The van der Waals surface area contributed by atoms with Crippen LogP contribution in [0.5, 0.6) is 0 Å². The lowest BCUT2D eigenvalue weighted by atomic mass is 9.94. The molecule has 0 bridgehead atoms. The van der Waals surface area contributed by atoms with Crippen LogP contribution in [0.1, 0.15) is 49.4 Å². The molecule has 0 radical (unpaired) electrons. The summed E-state index contributed by atoms with van der Waals surface area (Å²) in [6.07, 6.45) is -2.53. The average molecular weight is 274 g/mol. The summed E-state index contributed by atoms with van der Waals surface area (Å²) in [6, 6.07) is 3.70. The topological polar surface area (TPSA) is 38.0 Å². The second-order valence-corrected chi connectivity index (χ2v) is 5.26. The highest BCUT2D eigenvalue weighted by molar-refractivity contribution is 5.34. The zero-order valence-corrected chi connectivity index (χ0v) is 11.5. The Hall–Kier alpha value is -1.07. The van der Waals surface area contributed by atoms with Crippen LogP contribution in [0.2, 0.25) is 0 Å². The molecule has 5 heteroatoms. The standard InChI is InChI=1S/C14H21F3N2/c1-9(2)4-7-13(19-18)12-6-5-11(8-10(12)3)14(15,16)17/h5-6,8-9,13,19H,4,7,18H2,1-3H3. The molecule has 0 fully saturated rings. The van der Waals surface area contributed by atoms with E-state index >= 15 is 0 Å². The first-order valence-electron chi connectivity index (χ1n) is 6.39. The van der Waals surface area contributed by atoms with Crippen molar-refractivity contribution in [2.75, 3.05) is 0 Å². The van der Waals surface area contributed by atoms with E-state index in [9.17, 15) is 13.2 Å². The minimum Gasteiger partial charge on any atom is -0.271 e. The largest absolute Gasteiger partial charge is 0.416 e. The van der Waals surface area contributed by atoms with Crippen LogP contribution in [0.3, 0.4) is 0 Å². The molecule has 0 heterocycles. The third-order valence-electron chi connectivity index (χ3n) is 3.21. The lowest BCUT2D eigenvalue weighted by Crippen LogP contribution is -2.29. The highest BCUT2D eigenvalue weighted by Crippen LogP contribution is 2.32. The SMILES string of the molecule is Cc1cc(C(F)(F)F)ccc1C(CCC(C)C)NN. The van der Waals surface area contributed by atoms with Crippen molar-refractivity contribution in [2.45, 2.75) is 45.8 Å². The normalized spacial score (nSPS) is 13.9. The van der Waals surface area contributed by atoms with E-state index in [0.717, 1.165) is 24.5 Å². The zero-order valence-electron chi connectivity index (χ0n) is 11.5. The van der Waals surface area contributed by atoms with E-state index in [1.165, 1.54) is 12.1 Å². The second-order valence-electron chi connectivity index (χ2n) is 5.26. The quantitative estimate of drug-likeness (QED) is 0.630. The molecule has 0 saturated heterocycles. The summed E-state index contributed by atoms with van der Waals surface area (Å²) in [5.41, 5.74) is 3.52. The van der Waals surface area contributed by atoms with Gasteiger partial charge in [-0.05, 0) is 48.9 Å². The molecule has 0 aliphatic rings. The van der Waals surface area contributed by atoms with Gasteiger partial charge in [-0.3, -0.25) is 11.3 Å². The van der Waals surface area contributed by atoms with Crippen molar-refractivity contribution < 1.29 is 13.2 Å². The van der Waals surface area contributed by atoms with Crippen LogP contribution in [0.4, 0.5) is 13.2 Å². The molecule has 1 atom stereocenters. The van der Waals surface area contributed by atoms with Gasteiger partial charge in [0.2, 0.25) is 0 Å². The van der Waals surface area contributed by atoms with E-state index in [0.29, 0.717) is 11.5 Å². The predicted octanol–water partition coefficient (Wildman–Crippen LogP) is 3.95. The average Bonchev–Trinajstić information content (AvgIpc) is 2.29. The van der Waals surface area contributed by atoms with Gasteiger partial charge in [0.15, 0.2) is 0 Å². The van der Waals surface area contributed by atoms with Crippen molar-refractivity contribution in [3.05, 3.63) is 34.9 Å². The van der Waals surface area contributed by atoms with Gasteiger partial charge in [0.1, 0.15) is 0 Å². The maximum atomic E-state index is 12.6. The zero-order chi connectivity index (χ0) is 14.6. The number of aryl methyl sites for hydroxylation is 1. The first-order valence-corrected chi connectivity index (χ1v) is 6.39. The molecule has 0 aliphatic carbocycles. The fourth-order valence-electron chi connectivity index (χ4n) is 2.07. The maximum Gasteiger partial charge on any atom is 0.416 e. The number of halogens is 3. The first kappa shape index (κ1) is 16.0. The Morgan fingerprint density at radius 1 is 1.21 bits per heavy atom. The van der Waals surface area contributed by atoms with E-state index in [-0.39, 0.29) is 6.04 Å². The molecule has 1 aromatic rings. The summed E-state index contributed by atoms with van der Waals surface area (Å²) in [7, 11) is 0. The van der Waals surface area contributed by atoms with Crippen molar-refractivity contribution in [1.82, 2.24) is 5.43 Å². The molecule has 1 aromatic carbocycles. The summed E-state index contributed by atoms with van der Waals surface area (Å²) in [5, 5.41) is 0. The van der Waals surface area contributed by atoms with Crippen LogP contribution < -0.4 is 11.3 Å². The van der Waals surface area contributed by atoms with Gasteiger partial charge in [-0.15, -0.1) is 0 Å². The lowest BCUT2D eigenvalue weighted by molar-refractivity contribution is -0.137. The molecule has 0 saturated carbocycles. The Bertz CT molecular complexity index is 414. The number of hydrogen-bond acceptors (Lipinski definition) is 2. The Morgan fingerprint density at radius 2 is 1.84 bits per heavy atom. The van der Waals surface area contributed by atoms with Crippen LogP contribution >= 0.6 is 0 Å². The van der Waals surface area contributed by atoms with Gasteiger partial charge < -0.3 is 0 Å². The number of hydrogen-bond donors (Lipinski definition) is 2. The minimum absolute atomic E-state index is 0.107. The number of alkyl halides is 3. The van der Waals surface area contributed by atoms with E-state index in [1.807, 2.05) is 0 Å².